The molecule has 0 unspecified atom stereocenters. The van der Waals surface area contributed by atoms with Gasteiger partial charge in [0.15, 0.2) is 0 Å². The number of aromatic nitrogens is 2. The molecule has 2 aromatic rings. The van der Waals surface area contributed by atoms with Crippen molar-refractivity contribution in [3.05, 3.63) is 30.2 Å². The number of benzene rings is 1. The third-order valence-corrected chi connectivity index (χ3v) is 1.73. The van der Waals surface area contributed by atoms with Crippen molar-refractivity contribution >= 4 is 0 Å². The van der Waals surface area contributed by atoms with E-state index in [1.165, 1.54) is 0 Å². The van der Waals surface area contributed by atoms with Gasteiger partial charge < -0.3 is 15.3 Å². The molecule has 0 saturated carbocycles. The Bertz CT molecular complexity index is 439. The highest BCUT2D eigenvalue weighted by Crippen LogP contribution is 2.21. The summed E-state index contributed by atoms with van der Waals surface area (Å²) < 4.78 is 5.22. The highest BCUT2D eigenvalue weighted by atomic mass is 16.4. The molecule has 72 valence electrons. The molecule has 0 radical (unpaired) electrons. The first-order valence-electron chi connectivity index (χ1n) is 4.11. The van der Waals surface area contributed by atoms with Gasteiger partial charge in [0.2, 0.25) is 11.8 Å². The van der Waals surface area contributed by atoms with E-state index in [0.717, 1.165) is 0 Å². The lowest BCUT2D eigenvalue weighted by molar-refractivity contribution is 0.474. The molecule has 5 nitrogen and oxygen atoms in total. The molecule has 0 amide bonds. The first-order valence-corrected chi connectivity index (χ1v) is 4.11. The van der Waals surface area contributed by atoms with Crippen LogP contribution >= 0.6 is 0 Å². The third-order valence-electron chi connectivity index (χ3n) is 1.73. The summed E-state index contributed by atoms with van der Waals surface area (Å²) in [5.41, 5.74) is 6.00. The van der Waals surface area contributed by atoms with Crippen LogP contribution in [0.5, 0.6) is 5.75 Å². The smallest absolute Gasteiger partial charge is 0.247 e. The van der Waals surface area contributed by atoms with Crippen LogP contribution in [0.3, 0.4) is 0 Å². The second kappa shape index (κ2) is 3.47. The van der Waals surface area contributed by atoms with Crippen molar-refractivity contribution in [1.29, 1.82) is 0 Å². The molecular formula is C9H9N3O2. The molecule has 1 aromatic heterocycles. The van der Waals surface area contributed by atoms with Gasteiger partial charge in [-0.2, -0.15) is 0 Å². The number of nitrogens with two attached hydrogens (primary N) is 1. The number of hydrogen-bond acceptors (Lipinski definition) is 5. The van der Waals surface area contributed by atoms with E-state index >= 15 is 0 Å². The fourth-order valence-electron chi connectivity index (χ4n) is 1.09. The maximum absolute atomic E-state index is 9.22. The normalized spacial score (nSPS) is 10.4. The van der Waals surface area contributed by atoms with Gasteiger partial charge in [-0.05, 0) is 18.2 Å². The SMILES string of the molecule is NCc1nnc(-c2cccc(O)c2)o1. The van der Waals surface area contributed by atoms with Gasteiger partial charge in [0.05, 0.1) is 6.54 Å². The summed E-state index contributed by atoms with van der Waals surface area (Å²) >= 11 is 0. The molecule has 3 N–H and O–H groups in total. The summed E-state index contributed by atoms with van der Waals surface area (Å²) in [5, 5.41) is 16.7. The Labute approximate surface area is 80.2 Å². The number of phenolic OH excluding ortho intramolecular Hbond substituents is 1. The zero-order valence-corrected chi connectivity index (χ0v) is 7.34. The molecule has 0 fully saturated rings. The summed E-state index contributed by atoms with van der Waals surface area (Å²) in [5.74, 6) is 0.902. The highest BCUT2D eigenvalue weighted by molar-refractivity contribution is 5.54. The minimum atomic E-state index is 0.162. The van der Waals surface area contributed by atoms with Crippen molar-refractivity contribution in [1.82, 2.24) is 10.2 Å². The molecule has 5 heteroatoms. The largest absolute Gasteiger partial charge is 0.508 e. The van der Waals surface area contributed by atoms with Crippen LogP contribution in [0.15, 0.2) is 28.7 Å². The number of aromatic hydroxyl groups is 1. The van der Waals surface area contributed by atoms with E-state index in [1.807, 2.05) is 0 Å². The van der Waals surface area contributed by atoms with Gasteiger partial charge in [-0.1, -0.05) is 6.07 Å². The molecule has 0 aliphatic carbocycles. The Balaban J connectivity index is 2.39. The van der Waals surface area contributed by atoms with Crippen LogP contribution in [0.2, 0.25) is 0 Å². The van der Waals surface area contributed by atoms with E-state index in [1.54, 1.807) is 24.3 Å². The topological polar surface area (TPSA) is 85.2 Å². The second-order valence-corrected chi connectivity index (χ2v) is 2.76. The lowest BCUT2D eigenvalue weighted by atomic mass is 10.2. The number of phenols is 1. The van der Waals surface area contributed by atoms with Crippen molar-refractivity contribution < 1.29 is 9.52 Å². The highest BCUT2D eigenvalue weighted by Gasteiger charge is 2.07. The number of nitrogens with zero attached hydrogens (tertiary/aromatic N) is 2. The molecule has 2 rings (SSSR count). The van der Waals surface area contributed by atoms with Crippen LogP contribution in [0.25, 0.3) is 11.5 Å². The van der Waals surface area contributed by atoms with Crippen LogP contribution in [0.1, 0.15) is 5.89 Å². The Morgan fingerprint density at radius 2 is 2.21 bits per heavy atom. The zero-order chi connectivity index (χ0) is 9.97. The zero-order valence-electron chi connectivity index (χ0n) is 7.34. The second-order valence-electron chi connectivity index (χ2n) is 2.76. The maximum atomic E-state index is 9.22. The lowest BCUT2D eigenvalue weighted by Gasteiger charge is -1.94. The van der Waals surface area contributed by atoms with Crippen LogP contribution in [-0.4, -0.2) is 15.3 Å². The first-order chi connectivity index (χ1) is 6.79. The third kappa shape index (κ3) is 1.57. The average Bonchev–Trinajstić information content (AvgIpc) is 2.66. The van der Waals surface area contributed by atoms with Gasteiger partial charge in [-0.25, -0.2) is 0 Å². The van der Waals surface area contributed by atoms with Crippen LogP contribution in [0.4, 0.5) is 0 Å². The summed E-state index contributed by atoms with van der Waals surface area (Å²) in [6, 6.07) is 6.60. The van der Waals surface area contributed by atoms with Gasteiger partial charge in [-0.3, -0.25) is 0 Å². The van der Waals surface area contributed by atoms with Gasteiger partial charge in [-0.15, -0.1) is 10.2 Å². The van der Waals surface area contributed by atoms with Gasteiger partial charge >= 0.3 is 0 Å². The Morgan fingerprint density at radius 3 is 2.86 bits per heavy atom. The molecular weight excluding hydrogens is 182 g/mol. The van der Waals surface area contributed by atoms with Crippen LogP contribution < -0.4 is 5.73 Å². The Hall–Kier alpha value is -1.88. The van der Waals surface area contributed by atoms with Gasteiger partial charge in [0.25, 0.3) is 0 Å². The quantitative estimate of drug-likeness (QED) is 0.736. The van der Waals surface area contributed by atoms with Gasteiger partial charge in [0.1, 0.15) is 5.75 Å². The molecule has 14 heavy (non-hydrogen) atoms. The minimum Gasteiger partial charge on any atom is -0.508 e. The fourth-order valence-corrected chi connectivity index (χ4v) is 1.09. The number of rotatable bonds is 2. The summed E-state index contributed by atoms with van der Waals surface area (Å²) in [4.78, 5) is 0. The van der Waals surface area contributed by atoms with E-state index < -0.39 is 0 Å². The van der Waals surface area contributed by atoms with E-state index in [9.17, 15) is 5.11 Å². The van der Waals surface area contributed by atoms with E-state index in [4.69, 9.17) is 10.2 Å². The molecule has 0 saturated heterocycles. The summed E-state index contributed by atoms with van der Waals surface area (Å²) in [7, 11) is 0. The standard InChI is InChI=1S/C9H9N3O2/c10-5-8-11-12-9(14-8)6-2-1-3-7(13)4-6/h1-4,13H,5,10H2. The summed E-state index contributed by atoms with van der Waals surface area (Å²) in [6.45, 7) is 0.214. The van der Waals surface area contributed by atoms with Crippen molar-refractivity contribution in [2.45, 2.75) is 6.54 Å². The predicted octanol–water partition coefficient (Wildman–Crippen LogP) is 0.901. The van der Waals surface area contributed by atoms with Crippen molar-refractivity contribution in [3.8, 4) is 17.2 Å². The molecule has 0 atom stereocenters. The fraction of sp³-hybridized carbons (Fsp3) is 0.111. The van der Waals surface area contributed by atoms with Crippen molar-refractivity contribution in [2.24, 2.45) is 5.73 Å². The van der Waals surface area contributed by atoms with E-state index in [0.29, 0.717) is 17.3 Å². The molecule has 1 aromatic carbocycles. The predicted molar refractivity (Wildman–Crippen MR) is 49.3 cm³/mol. The van der Waals surface area contributed by atoms with Crippen LogP contribution in [0, 0.1) is 0 Å². The average molecular weight is 191 g/mol. The molecule has 1 heterocycles. The van der Waals surface area contributed by atoms with Crippen LogP contribution in [-0.2, 0) is 6.54 Å². The van der Waals surface area contributed by atoms with Crippen molar-refractivity contribution in [2.75, 3.05) is 0 Å². The molecule has 0 bridgehead atoms. The van der Waals surface area contributed by atoms with Gasteiger partial charge in [0, 0.05) is 5.56 Å². The monoisotopic (exact) mass is 191 g/mol. The maximum Gasteiger partial charge on any atom is 0.247 e. The summed E-state index contributed by atoms with van der Waals surface area (Å²) in [6.07, 6.45) is 0. The molecule has 0 aliphatic rings. The minimum absolute atomic E-state index is 0.162. The molecule has 0 aliphatic heterocycles. The Morgan fingerprint density at radius 1 is 1.36 bits per heavy atom. The molecule has 0 spiro atoms. The van der Waals surface area contributed by atoms with E-state index in [-0.39, 0.29) is 12.3 Å². The first kappa shape index (κ1) is 8.71. The van der Waals surface area contributed by atoms with Crippen molar-refractivity contribution in [3.63, 3.8) is 0 Å². The van der Waals surface area contributed by atoms with E-state index in [2.05, 4.69) is 10.2 Å². The number of hydrogen-bond donors (Lipinski definition) is 2. The lowest BCUT2D eigenvalue weighted by Crippen LogP contribution is -1.95. The Kier molecular flexibility index (Phi) is 2.16.